The van der Waals surface area contributed by atoms with Gasteiger partial charge < -0.3 is 10.4 Å². The Morgan fingerprint density at radius 3 is 2.42 bits per heavy atom. The Morgan fingerprint density at radius 1 is 1.21 bits per heavy atom. The van der Waals surface area contributed by atoms with E-state index in [1.165, 1.54) is 11.3 Å². The number of amides is 1. The number of nitrogens with one attached hydrogen (secondary N) is 1. The summed E-state index contributed by atoms with van der Waals surface area (Å²) >= 11 is 1.49. The fourth-order valence-corrected chi connectivity index (χ4v) is 3.57. The Labute approximate surface area is 148 Å². The third-order valence-corrected chi connectivity index (χ3v) is 5.32. The van der Waals surface area contributed by atoms with Gasteiger partial charge in [0.25, 0.3) is 0 Å². The van der Waals surface area contributed by atoms with E-state index < -0.39 is 5.60 Å². The second-order valence-electron chi connectivity index (χ2n) is 6.00. The van der Waals surface area contributed by atoms with Crippen LogP contribution in [0.1, 0.15) is 37.3 Å². The van der Waals surface area contributed by atoms with Crippen LogP contribution in [-0.2, 0) is 10.4 Å². The van der Waals surface area contributed by atoms with E-state index in [9.17, 15) is 9.90 Å². The number of nitrogens with zero attached hydrogens (tertiary/aromatic N) is 1. The van der Waals surface area contributed by atoms with Crippen molar-refractivity contribution >= 4 is 17.2 Å². The summed E-state index contributed by atoms with van der Waals surface area (Å²) in [6.45, 7) is 7.59. The van der Waals surface area contributed by atoms with E-state index in [1.807, 2.05) is 47.8 Å². The molecule has 1 amide bonds. The predicted molar refractivity (Wildman–Crippen MR) is 99.0 cm³/mol. The summed E-state index contributed by atoms with van der Waals surface area (Å²) < 4.78 is 0. The summed E-state index contributed by atoms with van der Waals surface area (Å²) in [4.78, 5) is 15.8. The second-order valence-corrected chi connectivity index (χ2v) is 6.95. The Hall–Kier alpha value is -1.69. The number of hydrogen-bond donors (Lipinski definition) is 2. The minimum Gasteiger partial charge on any atom is -0.383 e. The molecule has 0 spiro atoms. The second kappa shape index (κ2) is 8.42. The zero-order valence-electron chi connectivity index (χ0n) is 14.5. The number of hydrogen-bond acceptors (Lipinski definition) is 4. The van der Waals surface area contributed by atoms with Crippen LogP contribution in [-0.4, -0.2) is 35.5 Å². The smallest absolute Gasteiger partial charge is 0.242 e. The summed E-state index contributed by atoms with van der Waals surface area (Å²) in [7, 11) is 0. The van der Waals surface area contributed by atoms with Crippen LogP contribution in [0.3, 0.4) is 0 Å². The molecule has 0 bridgehead atoms. The number of thiophene rings is 1. The molecule has 0 aliphatic carbocycles. The molecule has 0 saturated heterocycles. The molecule has 1 heterocycles. The van der Waals surface area contributed by atoms with E-state index in [0.717, 1.165) is 23.5 Å². The predicted octanol–water partition coefficient (Wildman–Crippen LogP) is 3.15. The summed E-state index contributed by atoms with van der Waals surface area (Å²) in [6, 6.07) is 13.2. The molecule has 2 N–H and O–H groups in total. The Kier molecular flexibility index (Phi) is 6.54. The molecule has 1 aromatic carbocycles. The largest absolute Gasteiger partial charge is 0.383 e. The molecule has 1 aromatic heterocycles. The van der Waals surface area contributed by atoms with Gasteiger partial charge in [0, 0.05) is 4.88 Å². The first-order valence-corrected chi connectivity index (χ1v) is 9.20. The number of aliphatic hydroxyl groups is 1. The molecule has 2 aromatic rings. The molecular formula is C19H26N2O2S. The van der Waals surface area contributed by atoms with Crippen LogP contribution in [0.15, 0.2) is 47.8 Å². The molecule has 2 atom stereocenters. The minimum absolute atomic E-state index is 0.0817. The molecule has 24 heavy (non-hydrogen) atoms. The van der Waals surface area contributed by atoms with Gasteiger partial charge >= 0.3 is 0 Å². The van der Waals surface area contributed by atoms with Gasteiger partial charge in [0.05, 0.1) is 6.54 Å². The lowest BCUT2D eigenvalue weighted by atomic mass is 10.0. The fraction of sp³-hybridized carbons (Fsp3) is 0.421. The summed E-state index contributed by atoms with van der Waals surface area (Å²) in [5.41, 5.74) is -0.0941. The highest BCUT2D eigenvalue weighted by molar-refractivity contribution is 7.10. The number of likely N-dealkylation sites (N-methyl/N-ethyl adjacent to an activating group) is 1. The molecule has 2 rings (SSSR count). The van der Waals surface area contributed by atoms with Gasteiger partial charge in [-0.05, 0) is 37.0 Å². The summed E-state index contributed by atoms with van der Waals surface area (Å²) in [5.74, 6) is -0.0817. The summed E-state index contributed by atoms with van der Waals surface area (Å²) in [5, 5.41) is 15.5. The van der Waals surface area contributed by atoms with Gasteiger partial charge in [0.2, 0.25) is 5.91 Å². The molecule has 0 aliphatic rings. The van der Waals surface area contributed by atoms with Gasteiger partial charge in [0.1, 0.15) is 11.6 Å². The first kappa shape index (κ1) is 18.6. The first-order valence-electron chi connectivity index (χ1n) is 8.32. The SMILES string of the molecule is CCN(CC)C(C(=O)NCC(C)(O)c1cccs1)c1ccccc1. The molecule has 0 radical (unpaired) electrons. The van der Waals surface area contributed by atoms with Crippen LogP contribution in [0.4, 0.5) is 0 Å². The van der Waals surface area contributed by atoms with E-state index in [0.29, 0.717) is 0 Å². The van der Waals surface area contributed by atoms with Crippen molar-refractivity contribution in [2.45, 2.75) is 32.4 Å². The molecule has 5 heteroatoms. The Morgan fingerprint density at radius 2 is 1.88 bits per heavy atom. The van der Waals surface area contributed by atoms with Crippen molar-refractivity contribution in [1.82, 2.24) is 10.2 Å². The average Bonchev–Trinajstić information content (AvgIpc) is 3.14. The number of carbonyl (C=O) groups is 1. The van der Waals surface area contributed by atoms with Gasteiger partial charge in [0.15, 0.2) is 0 Å². The minimum atomic E-state index is -1.06. The third-order valence-electron chi connectivity index (χ3n) is 4.20. The van der Waals surface area contributed by atoms with Gasteiger partial charge in [-0.25, -0.2) is 0 Å². The number of carbonyl (C=O) groups excluding carboxylic acids is 1. The highest BCUT2D eigenvalue weighted by Gasteiger charge is 2.29. The van der Waals surface area contributed by atoms with Crippen LogP contribution in [0, 0.1) is 0 Å². The zero-order valence-corrected chi connectivity index (χ0v) is 15.3. The molecule has 4 nitrogen and oxygen atoms in total. The van der Waals surface area contributed by atoms with Gasteiger partial charge in [-0.1, -0.05) is 50.2 Å². The highest BCUT2D eigenvalue weighted by atomic mass is 32.1. The molecule has 0 saturated carbocycles. The van der Waals surface area contributed by atoms with E-state index in [1.54, 1.807) is 6.92 Å². The van der Waals surface area contributed by atoms with E-state index >= 15 is 0 Å². The zero-order chi connectivity index (χ0) is 17.6. The van der Waals surface area contributed by atoms with Crippen LogP contribution in [0.2, 0.25) is 0 Å². The van der Waals surface area contributed by atoms with E-state index in [-0.39, 0.29) is 18.5 Å². The normalized spacial score (nSPS) is 15.0. The molecule has 0 aliphatic heterocycles. The molecular weight excluding hydrogens is 320 g/mol. The van der Waals surface area contributed by atoms with Crippen molar-refractivity contribution in [3.05, 3.63) is 58.3 Å². The quantitative estimate of drug-likeness (QED) is 0.772. The number of rotatable bonds is 8. The van der Waals surface area contributed by atoms with Crippen molar-refractivity contribution in [2.75, 3.05) is 19.6 Å². The molecule has 0 fully saturated rings. The fourth-order valence-electron chi connectivity index (χ4n) is 2.78. The van der Waals surface area contributed by atoms with Crippen LogP contribution >= 0.6 is 11.3 Å². The lowest BCUT2D eigenvalue weighted by Gasteiger charge is -2.30. The third kappa shape index (κ3) is 4.44. The van der Waals surface area contributed by atoms with Gasteiger partial charge in [-0.15, -0.1) is 11.3 Å². The topological polar surface area (TPSA) is 52.6 Å². The maximum Gasteiger partial charge on any atom is 0.242 e. The van der Waals surface area contributed by atoms with E-state index in [2.05, 4.69) is 24.1 Å². The van der Waals surface area contributed by atoms with Crippen molar-refractivity contribution in [2.24, 2.45) is 0 Å². The maximum absolute atomic E-state index is 12.9. The van der Waals surface area contributed by atoms with Crippen molar-refractivity contribution in [1.29, 1.82) is 0 Å². The Bertz CT molecular complexity index is 622. The average molecular weight is 346 g/mol. The maximum atomic E-state index is 12.9. The molecule has 2 unspecified atom stereocenters. The van der Waals surface area contributed by atoms with Crippen molar-refractivity contribution in [3.8, 4) is 0 Å². The Balaban J connectivity index is 2.13. The molecule has 130 valence electrons. The lowest BCUT2D eigenvalue weighted by Crippen LogP contribution is -2.45. The van der Waals surface area contributed by atoms with E-state index in [4.69, 9.17) is 0 Å². The number of benzene rings is 1. The van der Waals surface area contributed by atoms with Crippen molar-refractivity contribution in [3.63, 3.8) is 0 Å². The van der Waals surface area contributed by atoms with Gasteiger partial charge in [-0.2, -0.15) is 0 Å². The van der Waals surface area contributed by atoms with Crippen LogP contribution in [0.5, 0.6) is 0 Å². The summed E-state index contributed by atoms with van der Waals surface area (Å²) in [6.07, 6.45) is 0. The van der Waals surface area contributed by atoms with Crippen LogP contribution < -0.4 is 5.32 Å². The lowest BCUT2D eigenvalue weighted by molar-refractivity contribution is -0.127. The standard InChI is InChI=1S/C19H26N2O2S/c1-4-21(5-2)17(15-10-7-6-8-11-15)18(22)20-14-19(3,23)16-12-9-13-24-16/h6-13,17,23H,4-5,14H2,1-3H3,(H,20,22). The van der Waals surface area contributed by atoms with Crippen molar-refractivity contribution < 1.29 is 9.90 Å². The first-order chi connectivity index (χ1) is 11.5. The van der Waals surface area contributed by atoms with Crippen LogP contribution in [0.25, 0.3) is 0 Å². The van der Waals surface area contributed by atoms with Gasteiger partial charge in [-0.3, -0.25) is 9.69 Å². The highest BCUT2D eigenvalue weighted by Crippen LogP contribution is 2.25. The monoisotopic (exact) mass is 346 g/mol.